The monoisotopic (exact) mass is 362 g/mol. The van der Waals surface area contributed by atoms with Crippen molar-refractivity contribution in [2.24, 2.45) is 0 Å². The Morgan fingerprint density at radius 2 is 1.92 bits per heavy atom. The van der Waals surface area contributed by atoms with E-state index in [1.165, 1.54) is 24.1 Å². The molecular formula is C19H23ClN2OS. The lowest BCUT2D eigenvalue weighted by atomic mass is 10.1. The van der Waals surface area contributed by atoms with E-state index in [0.717, 1.165) is 18.7 Å². The summed E-state index contributed by atoms with van der Waals surface area (Å²) in [6.07, 6.45) is 4.21. The van der Waals surface area contributed by atoms with Crippen molar-refractivity contribution in [3.63, 3.8) is 0 Å². The van der Waals surface area contributed by atoms with Crippen LogP contribution >= 0.6 is 22.9 Å². The third kappa shape index (κ3) is 4.82. The van der Waals surface area contributed by atoms with Gasteiger partial charge in [-0.3, -0.25) is 9.69 Å². The van der Waals surface area contributed by atoms with Crippen LogP contribution in [0.5, 0.6) is 0 Å². The molecule has 24 heavy (non-hydrogen) atoms. The van der Waals surface area contributed by atoms with Crippen LogP contribution in [-0.2, 0) is 11.2 Å². The van der Waals surface area contributed by atoms with Crippen LogP contribution in [-0.4, -0.2) is 30.4 Å². The molecule has 0 aliphatic carbocycles. The van der Waals surface area contributed by atoms with Crippen LogP contribution in [0.3, 0.4) is 0 Å². The van der Waals surface area contributed by atoms with E-state index in [4.69, 9.17) is 11.6 Å². The summed E-state index contributed by atoms with van der Waals surface area (Å²) in [5, 5.41) is 5.93. The third-order valence-electron chi connectivity index (χ3n) is 4.47. The largest absolute Gasteiger partial charge is 0.354 e. The van der Waals surface area contributed by atoms with Crippen LogP contribution in [0.25, 0.3) is 0 Å². The van der Waals surface area contributed by atoms with Crippen molar-refractivity contribution in [2.75, 3.05) is 19.6 Å². The fraction of sp³-hybridized carbons (Fsp3) is 0.421. The van der Waals surface area contributed by atoms with Gasteiger partial charge in [0.2, 0.25) is 5.91 Å². The predicted octanol–water partition coefficient (Wildman–Crippen LogP) is 4.29. The molecule has 0 radical (unpaired) electrons. The molecule has 3 rings (SSSR count). The Balaban J connectivity index is 1.58. The van der Waals surface area contributed by atoms with E-state index in [1.54, 1.807) is 11.3 Å². The summed E-state index contributed by atoms with van der Waals surface area (Å²) < 4.78 is 0. The first-order chi connectivity index (χ1) is 11.7. The summed E-state index contributed by atoms with van der Waals surface area (Å²) in [5.41, 5.74) is 0.988. The first-order valence-corrected chi connectivity index (χ1v) is 9.77. The maximum absolute atomic E-state index is 12.3. The molecule has 2 aromatic rings. The molecule has 1 aromatic carbocycles. The van der Waals surface area contributed by atoms with E-state index in [9.17, 15) is 4.79 Å². The molecule has 1 aliphatic heterocycles. The second-order valence-corrected chi connectivity index (χ2v) is 7.65. The number of thiophene rings is 1. The van der Waals surface area contributed by atoms with Crippen molar-refractivity contribution < 1.29 is 4.79 Å². The highest BCUT2D eigenvalue weighted by Crippen LogP contribution is 2.27. The van der Waals surface area contributed by atoms with Crippen LogP contribution in [0.2, 0.25) is 5.02 Å². The number of halogens is 1. The minimum absolute atomic E-state index is 0.0656. The van der Waals surface area contributed by atoms with E-state index in [1.807, 2.05) is 24.3 Å². The number of likely N-dealkylation sites (tertiary alicyclic amines) is 1. The number of nitrogens with one attached hydrogen (secondary N) is 1. The summed E-state index contributed by atoms with van der Waals surface area (Å²) >= 11 is 7.66. The summed E-state index contributed by atoms with van der Waals surface area (Å²) in [6, 6.07) is 12.0. The average Bonchev–Trinajstić information content (AvgIpc) is 3.12. The summed E-state index contributed by atoms with van der Waals surface area (Å²) in [7, 11) is 0. The topological polar surface area (TPSA) is 32.3 Å². The smallest absolute Gasteiger partial charge is 0.224 e. The first kappa shape index (κ1) is 17.5. The Morgan fingerprint density at radius 1 is 1.17 bits per heavy atom. The number of hydrogen-bond acceptors (Lipinski definition) is 3. The fourth-order valence-electron chi connectivity index (χ4n) is 3.18. The van der Waals surface area contributed by atoms with Gasteiger partial charge in [-0.1, -0.05) is 36.2 Å². The van der Waals surface area contributed by atoms with Gasteiger partial charge >= 0.3 is 0 Å². The van der Waals surface area contributed by atoms with Gasteiger partial charge in [0, 0.05) is 16.4 Å². The van der Waals surface area contributed by atoms with Crippen molar-refractivity contribution in [3.8, 4) is 0 Å². The lowest BCUT2D eigenvalue weighted by Crippen LogP contribution is -2.40. The van der Waals surface area contributed by atoms with Gasteiger partial charge in [0.15, 0.2) is 0 Å². The minimum Gasteiger partial charge on any atom is -0.354 e. The molecule has 3 nitrogen and oxygen atoms in total. The normalized spacial score (nSPS) is 16.7. The SMILES string of the molecule is O=C(Cc1ccc(Cl)cc1)NCC(c1cccs1)N1CCCCC1. The Morgan fingerprint density at radius 3 is 2.58 bits per heavy atom. The maximum atomic E-state index is 12.3. The number of carbonyl (C=O) groups is 1. The Labute approximate surface area is 152 Å². The number of hydrogen-bond donors (Lipinski definition) is 1. The first-order valence-electron chi connectivity index (χ1n) is 8.51. The van der Waals surface area contributed by atoms with Gasteiger partial charge in [-0.25, -0.2) is 0 Å². The molecule has 1 fully saturated rings. The molecule has 5 heteroatoms. The average molecular weight is 363 g/mol. The van der Waals surface area contributed by atoms with Crippen molar-refractivity contribution in [2.45, 2.75) is 31.7 Å². The number of benzene rings is 1. The van der Waals surface area contributed by atoms with Crippen LogP contribution in [0.15, 0.2) is 41.8 Å². The van der Waals surface area contributed by atoms with Crippen molar-refractivity contribution in [1.82, 2.24) is 10.2 Å². The highest BCUT2D eigenvalue weighted by Gasteiger charge is 2.23. The van der Waals surface area contributed by atoms with Crippen molar-refractivity contribution in [3.05, 3.63) is 57.2 Å². The molecule has 1 atom stereocenters. The number of carbonyl (C=O) groups excluding carboxylic acids is 1. The third-order valence-corrected chi connectivity index (χ3v) is 5.70. The van der Waals surface area contributed by atoms with Gasteiger partial charge in [0.1, 0.15) is 0 Å². The van der Waals surface area contributed by atoms with Crippen LogP contribution in [0.4, 0.5) is 0 Å². The second kappa shape index (κ2) is 8.65. The fourth-order valence-corrected chi connectivity index (χ4v) is 4.17. The molecule has 1 saturated heterocycles. The highest BCUT2D eigenvalue weighted by molar-refractivity contribution is 7.10. The second-order valence-electron chi connectivity index (χ2n) is 6.24. The predicted molar refractivity (Wildman–Crippen MR) is 101 cm³/mol. The van der Waals surface area contributed by atoms with Crippen LogP contribution in [0, 0.1) is 0 Å². The molecule has 128 valence electrons. The van der Waals surface area contributed by atoms with E-state index in [-0.39, 0.29) is 5.91 Å². The van der Waals surface area contributed by atoms with Crippen molar-refractivity contribution >= 4 is 28.8 Å². The quantitative estimate of drug-likeness (QED) is 0.831. The van der Waals surface area contributed by atoms with E-state index < -0.39 is 0 Å². The molecule has 2 heterocycles. The Hall–Kier alpha value is -1.36. The standard InChI is InChI=1S/C19H23ClN2OS/c20-16-8-6-15(7-9-16)13-19(23)21-14-17(18-5-4-12-24-18)22-10-2-1-3-11-22/h4-9,12,17H,1-3,10-11,13-14H2,(H,21,23). The molecule has 0 spiro atoms. The molecule has 1 N–H and O–H groups in total. The van der Waals surface area contributed by atoms with Gasteiger partial charge in [0.05, 0.1) is 12.5 Å². The number of rotatable bonds is 6. The maximum Gasteiger partial charge on any atom is 0.224 e. The molecule has 1 aliphatic rings. The van der Waals surface area contributed by atoms with Gasteiger partial charge < -0.3 is 5.32 Å². The van der Waals surface area contributed by atoms with E-state index >= 15 is 0 Å². The van der Waals surface area contributed by atoms with Gasteiger partial charge in [0.25, 0.3) is 0 Å². The summed E-state index contributed by atoms with van der Waals surface area (Å²) in [5.74, 6) is 0.0656. The molecule has 1 amide bonds. The van der Waals surface area contributed by atoms with Crippen LogP contribution in [0.1, 0.15) is 35.7 Å². The molecule has 1 unspecified atom stereocenters. The lowest BCUT2D eigenvalue weighted by Gasteiger charge is -2.34. The Bertz CT molecular complexity index is 636. The molecular weight excluding hydrogens is 340 g/mol. The zero-order chi connectivity index (χ0) is 16.8. The lowest BCUT2D eigenvalue weighted by molar-refractivity contribution is -0.120. The van der Waals surface area contributed by atoms with Gasteiger partial charge in [-0.15, -0.1) is 11.3 Å². The van der Waals surface area contributed by atoms with Crippen molar-refractivity contribution in [1.29, 1.82) is 0 Å². The number of piperidine rings is 1. The van der Waals surface area contributed by atoms with Gasteiger partial charge in [-0.2, -0.15) is 0 Å². The van der Waals surface area contributed by atoms with Crippen LogP contribution < -0.4 is 5.32 Å². The molecule has 1 aromatic heterocycles. The zero-order valence-corrected chi connectivity index (χ0v) is 15.3. The molecule has 0 bridgehead atoms. The summed E-state index contributed by atoms with van der Waals surface area (Å²) in [6.45, 7) is 2.91. The highest BCUT2D eigenvalue weighted by atomic mass is 35.5. The zero-order valence-electron chi connectivity index (χ0n) is 13.7. The van der Waals surface area contributed by atoms with Gasteiger partial charge in [-0.05, 0) is 55.1 Å². The number of amides is 1. The molecule has 0 saturated carbocycles. The van der Waals surface area contributed by atoms with E-state index in [0.29, 0.717) is 24.0 Å². The minimum atomic E-state index is 0.0656. The Kier molecular flexibility index (Phi) is 6.30. The summed E-state index contributed by atoms with van der Waals surface area (Å²) in [4.78, 5) is 16.1. The number of nitrogens with zero attached hydrogens (tertiary/aromatic N) is 1. The van der Waals surface area contributed by atoms with E-state index in [2.05, 4.69) is 27.7 Å².